The van der Waals surface area contributed by atoms with E-state index in [2.05, 4.69) is 82.8 Å². The number of H-pyrrole nitrogens is 1. The molecule has 4 aromatic rings. The topological polar surface area (TPSA) is 48.1 Å². The van der Waals surface area contributed by atoms with E-state index in [-0.39, 0.29) is 5.91 Å². The Morgan fingerprint density at radius 2 is 1.87 bits per heavy atom. The first-order chi connectivity index (χ1) is 14.6. The maximum Gasteiger partial charge on any atom is 0.240 e. The Morgan fingerprint density at radius 3 is 2.70 bits per heavy atom. The zero-order chi connectivity index (χ0) is 20.6. The Morgan fingerprint density at radius 1 is 1.07 bits per heavy atom. The lowest BCUT2D eigenvalue weighted by atomic mass is 9.85. The maximum atomic E-state index is 13.0. The minimum absolute atomic E-state index is 0.134. The van der Waals surface area contributed by atoms with Crippen molar-refractivity contribution in [3.63, 3.8) is 0 Å². The van der Waals surface area contributed by atoms with Crippen LogP contribution in [0.4, 0.5) is 0 Å². The lowest BCUT2D eigenvalue weighted by Gasteiger charge is -2.49. The van der Waals surface area contributed by atoms with Gasteiger partial charge in [0.15, 0.2) is 0 Å². The van der Waals surface area contributed by atoms with Crippen molar-refractivity contribution in [1.82, 2.24) is 15.2 Å². The standard InChI is InChI=1S/C26H27N3O/c1-26(25(30)27-14-12-22-17-28-24-9-5-4-8-23(22)24)13-15-29(26)18-19-10-11-20-6-2-3-7-21(20)16-19/h2-11,16-17,28H,12-15,18H2,1H3,(H,27,30). The normalized spacial score (nSPS) is 19.1. The second-order valence-electron chi connectivity index (χ2n) is 8.49. The summed E-state index contributed by atoms with van der Waals surface area (Å²) in [4.78, 5) is 18.6. The quantitative estimate of drug-likeness (QED) is 0.498. The van der Waals surface area contributed by atoms with Gasteiger partial charge >= 0.3 is 0 Å². The summed E-state index contributed by atoms with van der Waals surface area (Å²) in [5.41, 5.74) is 3.22. The first-order valence-corrected chi connectivity index (χ1v) is 10.7. The predicted octanol–water partition coefficient (Wildman–Crippen LogP) is 4.64. The Kier molecular flexibility index (Phi) is 4.80. The number of benzene rings is 3. The summed E-state index contributed by atoms with van der Waals surface area (Å²) in [6.07, 6.45) is 3.78. The van der Waals surface area contributed by atoms with E-state index in [0.717, 1.165) is 31.4 Å². The van der Waals surface area contributed by atoms with Crippen LogP contribution in [0.5, 0.6) is 0 Å². The molecule has 1 atom stereocenters. The minimum atomic E-state index is -0.425. The van der Waals surface area contributed by atoms with Gasteiger partial charge in [-0.15, -0.1) is 0 Å². The molecule has 0 aliphatic carbocycles. The Bertz CT molecular complexity index is 1210. The van der Waals surface area contributed by atoms with Crippen LogP contribution in [-0.2, 0) is 17.8 Å². The molecule has 1 saturated heterocycles. The summed E-state index contributed by atoms with van der Waals surface area (Å²) in [6.45, 7) is 4.48. The van der Waals surface area contributed by atoms with Gasteiger partial charge in [-0.3, -0.25) is 9.69 Å². The van der Waals surface area contributed by atoms with Crippen molar-refractivity contribution in [3.05, 3.63) is 84.1 Å². The van der Waals surface area contributed by atoms with Crippen LogP contribution in [0.25, 0.3) is 21.7 Å². The van der Waals surface area contributed by atoms with Crippen LogP contribution < -0.4 is 5.32 Å². The number of nitrogens with one attached hydrogen (secondary N) is 2. The van der Waals surface area contributed by atoms with Gasteiger partial charge in [-0.25, -0.2) is 0 Å². The molecule has 3 aromatic carbocycles. The fourth-order valence-electron chi connectivity index (χ4n) is 4.51. The number of amides is 1. The number of likely N-dealkylation sites (tertiary alicyclic amines) is 1. The van der Waals surface area contributed by atoms with E-state index in [1.165, 1.54) is 27.3 Å². The average molecular weight is 398 g/mol. The average Bonchev–Trinajstić information content (AvgIpc) is 3.19. The van der Waals surface area contributed by atoms with Crippen molar-refractivity contribution in [2.24, 2.45) is 0 Å². The van der Waals surface area contributed by atoms with E-state index in [9.17, 15) is 4.79 Å². The number of para-hydroxylation sites is 1. The van der Waals surface area contributed by atoms with E-state index in [4.69, 9.17) is 0 Å². The van der Waals surface area contributed by atoms with Crippen LogP contribution in [0, 0.1) is 0 Å². The first kappa shape index (κ1) is 18.9. The highest BCUT2D eigenvalue weighted by Gasteiger charge is 2.46. The molecule has 4 nitrogen and oxygen atoms in total. The fraction of sp³-hybridized carbons (Fsp3) is 0.269. The Balaban J connectivity index is 1.21. The molecule has 1 fully saturated rings. The number of carbonyl (C=O) groups is 1. The zero-order valence-corrected chi connectivity index (χ0v) is 17.3. The van der Waals surface area contributed by atoms with Crippen molar-refractivity contribution in [3.8, 4) is 0 Å². The summed E-state index contributed by atoms with van der Waals surface area (Å²) in [7, 11) is 0. The van der Waals surface area contributed by atoms with E-state index in [1.54, 1.807) is 0 Å². The number of hydrogen-bond acceptors (Lipinski definition) is 2. The van der Waals surface area contributed by atoms with Crippen LogP contribution in [0.15, 0.2) is 72.9 Å². The van der Waals surface area contributed by atoms with E-state index >= 15 is 0 Å². The smallest absolute Gasteiger partial charge is 0.240 e. The third-order valence-corrected chi connectivity index (χ3v) is 6.60. The zero-order valence-electron chi connectivity index (χ0n) is 17.3. The number of aromatic amines is 1. The fourth-order valence-corrected chi connectivity index (χ4v) is 4.51. The monoisotopic (exact) mass is 397 g/mol. The number of aromatic nitrogens is 1. The third-order valence-electron chi connectivity index (χ3n) is 6.60. The molecule has 1 unspecified atom stereocenters. The number of nitrogens with zero attached hydrogens (tertiary/aromatic N) is 1. The van der Waals surface area contributed by atoms with Gasteiger partial charge in [-0.05, 0) is 53.8 Å². The molecule has 1 aromatic heterocycles. The molecule has 4 heteroatoms. The molecule has 1 aliphatic rings. The molecular formula is C26H27N3O. The van der Waals surface area contributed by atoms with Crippen molar-refractivity contribution in [1.29, 1.82) is 0 Å². The van der Waals surface area contributed by atoms with Crippen molar-refractivity contribution >= 4 is 27.6 Å². The maximum absolute atomic E-state index is 13.0. The molecule has 2 heterocycles. The van der Waals surface area contributed by atoms with Crippen LogP contribution in [0.1, 0.15) is 24.5 Å². The molecule has 30 heavy (non-hydrogen) atoms. The second kappa shape index (κ2) is 7.62. The van der Waals surface area contributed by atoms with E-state index in [0.29, 0.717) is 6.54 Å². The number of hydrogen-bond donors (Lipinski definition) is 2. The lowest BCUT2D eigenvalue weighted by molar-refractivity contribution is -0.141. The minimum Gasteiger partial charge on any atom is -0.361 e. The van der Waals surface area contributed by atoms with Crippen LogP contribution in [0.3, 0.4) is 0 Å². The molecule has 2 N–H and O–H groups in total. The van der Waals surface area contributed by atoms with Gasteiger partial charge in [0, 0.05) is 36.7 Å². The Hall–Kier alpha value is -3.11. The highest BCUT2D eigenvalue weighted by molar-refractivity contribution is 5.87. The van der Waals surface area contributed by atoms with E-state index in [1.807, 2.05) is 12.3 Å². The van der Waals surface area contributed by atoms with Gasteiger partial charge in [-0.2, -0.15) is 0 Å². The summed E-state index contributed by atoms with van der Waals surface area (Å²) in [5.74, 6) is 0.134. The van der Waals surface area contributed by atoms with Crippen molar-refractivity contribution < 1.29 is 4.79 Å². The summed E-state index contributed by atoms with van der Waals surface area (Å²) >= 11 is 0. The molecule has 1 aliphatic heterocycles. The third kappa shape index (κ3) is 3.37. The molecular weight excluding hydrogens is 370 g/mol. The number of fused-ring (bicyclic) bond motifs is 2. The molecule has 0 spiro atoms. The summed E-state index contributed by atoms with van der Waals surface area (Å²) < 4.78 is 0. The molecule has 1 amide bonds. The predicted molar refractivity (Wildman–Crippen MR) is 122 cm³/mol. The van der Waals surface area contributed by atoms with Crippen molar-refractivity contribution in [2.45, 2.75) is 31.8 Å². The van der Waals surface area contributed by atoms with Gasteiger partial charge < -0.3 is 10.3 Å². The largest absolute Gasteiger partial charge is 0.361 e. The highest BCUT2D eigenvalue weighted by Crippen LogP contribution is 2.32. The van der Waals surface area contributed by atoms with Gasteiger partial charge in [0.2, 0.25) is 5.91 Å². The Labute approximate surface area is 176 Å². The summed E-state index contributed by atoms with van der Waals surface area (Å²) in [6, 6.07) is 23.3. The van der Waals surface area contributed by atoms with Crippen molar-refractivity contribution in [2.75, 3.05) is 13.1 Å². The van der Waals surface area contributed by atoms with Gasteiger partial charge in [0.25, 0.3) is 0 Å². The van der Waals surface area contributed by atoms with Gasteiger partial charge in [0.05, 0.1) is 5.54 Å². The molecule has 152 valence electrons. The lowest BCUT2D eigenvalue weighted by Crippen LogP contribution is -2.65. The first-order valence-electron chi connectivity index (χ1n) is 10.7. The van der Waals surface area contributed by atoms with Crippen LogP contribution in [-0.4, -0.2) is 34.4 Å². The van der Waals surface area contributed by atoms with E-state index < -0.39 is 5.54 Å². The van der Waals surface area contributed by atoms with Crippen LogP contribution >= 0.6 is 0 Å². The molecule has 0 bridgehead atoms. The molecule has 5 rings (SSSR count). The van der Waals surface area contributed by atoms with Gasteiger partial charge in [0.1, 0.15) is 0 Å². The van der Waals surface area contributed by atoms with Crippen LogP contribution in [0.2, 0.25) is 0 Å². The SMILES string of the molecule is CC1(C(=O)NCCc2c[nH]c3ccccc23)CCN1Cc1ccc2ccccc2c1. The summed E-state index contributed by atoms with van der Waals surface area (Å²) in [5, 5.41) is 6.92. The molecule has 0 radical (unpaired) electrons. The number of carbonyl (C=O) groups excluding carboxylic acids is 1. The number of rotatable bonds is 6. The highest BCUT2D eigenvalue weighted by atomic mass is 16.2. The molecule has 0 saturated carbocycles. The second-order valence-corrected chi connectivity index (χ2v) is 8.49. The van der Waals surface area contributed by atoms with Gasteiger partial charge in [-0.1, -0.05) is 54.6 Å².